The first kappa shape index (κ1) is 16.9. The number of benzene rings is 2. The van der Waals surface area contributed by atoms with Crippen LogP contribution in [0.15, 0.2) is 48.0 Å². The van der Waals surface area contributed by atoms with Crippen molar-refractivity contribution in [2.75, 3.05) is 19.5 Å². The third-order valence-electron chi connectivity index (χ3n) is 3.21. The quantitative estimate of drug-likeness (QED) is 0.501. The number of anilines is 1. The zero-order chi connectivity index (χ0) is 17.5. The molecule has 0 aliphatic rings. The Kier molecular flexibility index (Phi) is 5.42. The lowest BCUT2D eigenvalue weighted by Crippen LogP contribution is -2.13. The van der Waals surface area contributed by atoms with Gasteiger partial charge in [-0.2, -0.15) is 5.26 Å². The Morgan fingerprint density at radius 1 is 1.12 bits per heavy atom. The maximum atomic E-state index is 12.2. The minimum atomic E-state index is -0.544. The second kappa shape index (κ2) is 7.70. The summed E-state index contributed by atoms with van der Waals surface area (Å²) < 4.78 is 10.3. The smallest absolute Gasteiger partial charge is 0.266 e. The minimum absolute atomic E-state index is 0.0599. The van der Waals surface area contributed by atoms with Crippen LogP contribution in [0.5, 0.6) is 17.2 Å². The van der Waals surface area contributed by atoms with Gasteiger partial charge in [-0.15, -0.1) is 0 Å². The van der Waals surface area contributed by atoms with E-state index in [2.05, 4.69) is 5.32 Å². The monoisotopic (exact) mass is 324 g/mol. The van der Waals surface area contributed by atoms with Crippen LogP contribution in [0, 0.1) is 11.3 Å². The fourth-order valence-corrected chi connectivity index (χ4v) is 2.00. The Morgan fingerprint density at radius 3 is 2.38 bits per heavy atom. The Morgan fingerprint density at radius 2 is 1.79 bits per heavy atom. The summed E-state index contributed by atoms with van der Waals surface area (Å²) in [5, 5.41) is 21.1. The van der Waals surface area contributed by atoms with E-state index in [9.17, 15) is 15.2 Å². The lowest BCUT2D eigenvalue weighted by atomic mass is 10.1. The van der Waals surface area contributed by atoms with Gasteiger partial charge in [-0.05, 0) is 48.0 Å². The summed E-state index contributed by atoms with van der Waals surface area (Å²) >= 11 is 0. The van der Waals surface area contributed by atoms with E-state index in [0.29, 0.717) is 22.7 Å². The molecule has 0 atom stereocenters. The number of hydrogen-bond acceptors (Lipinski definition) is 5. The maximum Gasteiger partial charge on any atom is 0.266 e. The Labute approximate surface area is 139 Å². The van der Waals surface area contributed by atoms with E-state index in [1.165, 1.54) is 32.4 Å². The molecule has 1 amide bonds. The van der Waals surface area contributed by atoms with Crippen molar-refractivity contribution in [3.05, 3.63) is 53.6 Å². The van der Waals surface area contributed by atoms with E-state index < -0.39 is 5.91 Å². The fraction of sp³-hybridized carbons (Fsp3) is 0.111. The number of rotatable bonds is 5. The largest absolute Gasteiger partial charge is 0.508 e. The Balaban J connectivity index is 2.23. The normalized spacial score (nSPS) is 10.6. The molecule has 0 spiro atoms. The summed E-state index contributed by atoms with van der Waals surface area (Å²) in [7, 11) is 3.03. The number of phenols is 1. The molecule has 2 rings (SSSR count). The molecule has 24 heavy (non-hydrogen) atoms. The van der Waals surface area contributed by atoms with Crippen molar-refractivity contribution in [2.24, 2.45) is 0 Å². The molecule has 0 radical (unpaired) electrons. The molecule has 0 fully saturated rings. The lowest BCUT2D eigenvalue weighted by Gasteiger charge is -2.08. The van der Waals surface area contributed by atoms with E-state index >= 15 is 0 Å². The van der Waals surface area contributed by atoms with Crippen LogP contribution in [0.25, 0.3) is 6.08 Å². The summed E-state index contributed by atoms with van der Waals surface area (Å²) in [5.74, 6) is 0.608. The first-order chi connectivity index (χ1) is 11.6. The highest BCUT2D eigenvalue weighted by Crippen LogP contribution is 2.28. The minimum Gasteiger partial charge on any atom is -0.508 e. The zero-order valence-electron chi connectivity index (χ0n) is 13.2. The number of methoxy groups -OCH3 is 2. The first-order valence-electron chi connectivity index (χ1n) is 7.01. The topological polar surface area (TPSA) is 91.6 Å². The molecule has 122 valence electrons. The van der Waals surface area contributed by atoms with Gasteiger partial charge in [0.05, 0.1) is 14.2 Å². The summed E-state index contributed by atoms with van der Waals surface area (Å²) in [4.78, 5) is 12.2. The molecule has 0 saturated carbocycles. The highest BCUT2D eigenvalue weighted by Gasteiger charge is 2.11. The maximum absolute atomic E-state index is 12.2. The SMILES string of the molecule is COc1ccc(/C=C(/C#N)C(=O)Nc2ccc(O)cc2)cc1OC. The van der Waals surface area contributed by atoms with Gasteiger partial charge < -0.3 is 19.9 Å². The third-order valence-corrected chi connectivity index (χ3v) is 3.21. The molecule has 0 bridgehead atoms. The van der Waals surface area contributed by atoms with E-state index in [4.69, 9.17) is 9.47 Å². The highest BCUT2D eigenvalue weighted by atomic mass is 16.5. The number of carbonyl (C=O) groups excluding carboxylic acids is 1. The van der Waals surface area contributed by atoms with Gasteiger partial charge in [0.15, 0.2) is 11.5 Å². The van der Waals surface area contributed by atoms with Gasteiger partial charge in [0.25, 0.3) is 5.91 Å². The van der Waals surface area contributed by atoms with Crippen LogP contribution in [-0.2, 0) is 4.79 Å². The second-order valence-corrected chi connectivity index (χ2v) is 4.79. The molecule has 0 aliphatic heterocycles. The molecule has 0 aromatic heterocycles. The van der Waals surface area contributed by atoms with Gasteiger partial charge in [0.1, 0.15) is 17.4 Å². The van der Waals surface area contributed by atoms with Gasteiger partial charge in [0.2, 0.25) is 0 Å². The van der Waals surface area contributed by atoms with Crippen molar-refractivity contribution in [3.63, 3.8) is 0 Å². The van der Waals surface area contributed by atoms with Crippen molar-refractivity contribution in [2.45, 2.75) is 0 Å². The molecule has 2 aromatic rings. The molecular formula is C18H16N2O4. The molecular weight excluding hydrogens is 308 g/mol. The van der Waals surface area contributed by atoms with E-state index in [-0.39, 0.29) is 11.3 Å². The Hall–Kier alpha value is -3.46. The Bertz CT molecular complexity index is 805. The van der Waals surface area contributed by atoms with E-state index in [1.807, 2.05) is 6.07 Å². The third kappa shape index (κ3) is 4.05. The van der Waals surface area contributed by atoms with Crippen LogP contribution < -0.4 is 14.8 Å². The lowest BCUT2D eigenvalue weighted by molar-refractivity contribution is -0.112. The molecule has 2 aromatic carbocycles. The molecule has 0 aliphatic carbocycles. The number of carbonyl (C=O) groups is 1. The van der Waals surface area contributed by atoms with Crippen LogP contribution in [0.3, 0.4) is 0 Å². The summed E-state index contributed by atoms with van der Waals surface area (Å²) in [6, 6.07) is 12.9. The summed E-state index contributed by atoms with van der Waals surface area (Å²) in [6.07, 6.45) is 1.46. The molecule has 6 nitrogen and oxygen atoms in total. The average molecular weight is 324 g/mol. The van der Waals surface area contributed by atoms with Crippen LogP contribution in [0.4, 0.5) is 5.69 Å². The number of aromatic hydroxyl groups is 1. The first-order valence-corrected chi connectivity index (χ1v) is 7.01. The van der Waals surface area contributed by atoms with E-state index in [1.54, 1.807) is 30.3 Å². The summed E-state index contributed by atoms with van der Waals surface area (Å²) in [5.41, 5.74) is 1.05. The van der Waals surface area contributed by atoms with Crippen molar-refractivity contribution in [3.8, 4) is 23.3 Å². The van der Waals surface area contributed by atoms with Crippen LogP contribution in [-0.4, -0.2) is 25.2 Å². The average Bonchev–Trinajstić information content (AvgIpc) is 2.61. The predicted octanol–water partition coefficient (Wildman–Crippen LogP) is 2.96. The standard InChI is InChI=1S/C18H16N2O4/c1-23-16-8-3-12(10-17(16)24-2)9-13(11-19)18(22)20-14-4-6-15(21)7-5-14/h3-10,21H,1-2H3,(H,20,22)/b13-9-. The molecule has 2 N–H and O–H groups in total. The molecule has 0 saturated heterocycles. The van der Waals surface area contributed by atoms with Crippen LogP contribution in [0.1, 0.15) is 5.56 Å². The number of amides is 1. The van der Waals surface area contributed by atoms with Gasteiger partial charge in [-0.3, -0.25) is 4.79 Å². The number of nitrogens with zero attached hydrogens (tertiary/aromatic N) is 1. The van der Waals surface area contributed by atoms with Crippen molar-refractivity contribution >= 4 is 17.7 Å². The van der Waals surface area contributed by atoms with Crippen molar-refractivity contribution in [1.29, 1.82) is 5.26 Å². The zero-order valence-corrected chi connectivity index (χ0v) is 13.2. The van der Waals surface area contributed by atoms with Crippen molar-refractivity contribution in [1.82, 2.24) is 0 Å². The molecule has 0 heterocycles. The van der Waals surface area contributed by atoms with Crippen molar-refractivity contribution < 1.29 is 19.4 Å². The second-order valence-electron chi connectivity index (χ2n) is 4.79. The number of hydrogen-bond donors (Lipinski definition) is 2. The molecule has 0 unspecified atom stereocenters. The van der Waals surface area contributed by atoms with Crippen LogP contribution in [0.2, 0.25) is 0 Å². The number of phenolic OH excluding ortho intramolecular Hbond substituents is 1. The summed E-state index contributed by atoms with van der Waals surface area (Å²) in [6.45, 7) is 0. The number of nitriles is 1. The van der Waals surface area contributed by atoms with Gasteiger partial charge in [0, 0.05) is 5.69 Å². The van der Waals surface area contributed by atoms with Crippen LogP contribution >= 0.6 is 0 Å². The number of ether oxygens (including phenoxy) is 2. The fourth-order valence-electron chi connectivity index (χ4n) is 2.00. The van der Waals surface area contributed by atoms with E-state index in [0.717, 1.165) is 0 Å². The number of nitrogens with one attached hydrogen (secondary N) is 1. The van der Waals surface area contributed by atoms with Gasteiger partial charge >= 0.3 is 0 Å². The molecule has 6 heteroatoms. The highest BCUT2D eigenvalue weighted by molar-refractivity contribution is 6.09. The van der Waals surface area contributed by atoms with Gasteiger partial charge in [-0.1, -0.05) is 6.07 Å². The predicted molar refractivity (Wildman–Crippen MR) is 89.9 cm³/mol. The van der Waals surface area contributed by atoms with Gasteiger partial charge in [-0.25, -0.2) is 0 Å².